The molecule has 3 rings (SSSR count). The van der Waals surface area contributed by atoms with Crippen LogP contribution in [0.2, 0.25) is 0 Å². The summed E-state index contributed by atoms with van der Waals surface area (Å²) in [6.45, 7) is 4.59. The normalized spacial score (nSPS) is 19.8. The minimum atomic E-state index is -0.0580. The molecule has 2 aromatic carbocycles. The van der Waals surface area contributed by atoms with Gasteiger partial charge in [-0.25, -0.2) is 0 Å². The van der Waals surface area contributed by atoms with Crippen LogP contribution < -0.4 is 14.8 Å². The molecule has 0 bridgehead atoms. The molecule has 0 aliphatic heterocycles. The van der Waals surface area contributed by atoms with E-state index in [0.717, 1.165) is 17.5 Å². The molecule has 0 saturated heterocycles. The third-order valence-corrected chi connectivity index (χ3v) is 4.73. The van der Waals surface area contributed by atoms with Crippen molar-refractivity contribution in [2.24, 2.45) is 11.8 Å². The molecular weight excluding hydrogens is 314 g/mol. The van der Waals surface area contributed by atoms with Crippen molar-refractivity contribution in [1.82, 2.24) is 5.32 Å². The third-order valence-electron chi connectivity index (χ3n) is 4.73. The second-order valence-corrected chi connectivity index (χ2v) is 6.73. The number of benzene rings is 2. The standard InChI is InChI=1S/C21H25NO3/c1-14-11-18(14)21(23)22-15(2)17-9-10-19(20(12-17)24-3)25-13-16-7-5-4-6-8-16/h4-10,12,14-15,18H,11,13H2,1-3H3,(H,22,23). The van der Waals surface area contributed by atoms with Gasteiger partial charge in [-0.3, -0.25) is 4.79 Å². The van der Waals surface area contributed by atoms with Gasteiger partial charge in [0.1, 0.15) is 6.61 Å². The topological polar surface area (TPSA) is 47.6 Å². The average molecular weight is 339 g/mol. The Morgan fingerprint density at radius 1 is 1.20 bits per heavy atom. The van der Waals surface area contributed by atoms with Gasteiger partial charge >= 0.3 is 0 Å². The molecule has 1 saturated carbocycles. The summed E-state index contributed by atoms with van der Waals surface area (Å²) in [6.07, 6.45) is 0.994. The summed E-state index contributed by atoms with van der Waals surface area (Å²) in [5, 5.41) is 3.08. The fourth-order valence-electron chi connectivity index (χ4n) is 2.90. The monoisotopic (exact) mass is 339 g/mol. The van der Waals surface area contributed by atoms with Crippen molar-refractivity contribution < 1.29 is 14.3 Å². The molecule has 4 nitrogen and oxygen atoms in total. The molecule has 3 atom stereocenters. The quantitative estimate of drug-likeness (QED) is 0.826. The van der Waals surface area contributed by atoms with Crippen molar-refractivity contribution in [2.45, 2.75) is 32.9 Å². The van der Waals surface area contributed by atoms with Crippen molar-refractivity contribution in [1.29, 1.82) is 0 Å². The second-order valence-electron chi connectivity index (χ2n) is 6.73. The SMILES string of the molecule is COc1cc(C(C)NC(=O)C2CC2C)ccc1OCc1ccccc1. The number of nitrogens with one attached hydrogen (secondary N) is 1. The Labute approximate surface area is 149 Å². The van der Waals surface area contributed by atoms with Crippen LogP contribution in [0, 0.1) is 11.8 Å². The number of hydrogen-bond acceptors (Lipinski definition) is 3. The Morgan fingerprint density at radius 2 is 1.92 bits per heavy atom. The van der Waals surface area contributed by atoms with Gasteiger partial charge < -0.3 is 14.8 Å². The lowest BCUT2D eigenvalue weighted by Crippen LogP contribution is -2.28. The molecule has 2 aromatic rings. The molecule has 0 spiro atoms. The van der Waals surface area contributed by atoms with Gasteiger partial charge in [-0.1, -0.05) is 43.3 Å². The molecule has 25 heavy (non-hydrogen) atoms. The summed E-state index contributed by atoms with van der Waals surface area (Å²) >= 11 is 0. The smallest absolute Gasteiger partial charge is 0.223 e. The van der Waals surface area contributed by atoms with Crippen LogP contribution in [-0.2, 0) is 11.4 Å². The van der Waals surface area contributed by atoms with Crippen LogP contribution in [0.25, 0.3) is 0 Å². The van der Waals surface area contributed by atoms with E-state index in [2.05, 4.69) is 12.2 Å². The van der Waals surface area contributed by atoms with Crippen molar-refractivity contribution >= 4 is 5.91 Å². The van der Waals surface area contributed by atoms with Crippen molar-refractivity contribution in [3.8, 4) is 11.5 Å². The summed E-state index contributed by atoms with van der Waals surface area (Å²) in [5.74, 6) is 2.20. The predicted octanol–water partition coefficient (Wildman–Crippen LogP) is 4.11. The molecule has 1 fully saturated rings. The minimum Gasteiger partial charge on any atom is -0.493 e. The van der Waals surface area contributed by atoms with Gasteiger partial charge in [0.2, 0.25) is 5.91 Å². The summed E-state index contributed by atoms with van der Waals surface area (Å²) in [4.78, 5) is 12.1. The van der Waals surface area contributed by atoms with Gasteiger partial charge in [-0.05, 0) is 42.5 Å². The maximum atomic E-state index is 12.1. The number of ether oxygens (including phenoxy) is 2. The van der Waals surface area contributed by atoms with Crippen LogP contribution in [0.5, 0.6) is 11.5 Å². The molecule has 132 valence electrons. The number of methoxy groups -OCH3 is 1. The molecule has 3 unspecified atom stereocenters. The first kappa shape index (κ1) is 17.3. The number of amides is 1. The summed E-state index contributed by atoms with van der Waals surface area (Å²) in [6, 6.07) is 15.8. The molecule has 1 aliphatic rings. The molecule has 1 N–H and O–H groups in total. The Morgan fingerprint density at radius 3 is 2.56 bits per heavy atom. The lowest BCUT2D eigenvalue weighted by atomic mass is 10.1. The highest BCUT2D eigenvalue weighted by molar-refractivity contribution is 5.81. The predicted molar refractivity (Wildman–Crippen MR) is 97.6 cm³/mol. The molecule has 1 aliphatic carbocycles. The number of carbonyl (C=O) groups excluding carboxylic acids is 1. The van der Waals surface area contributed by atoms with E-state index in [1.807, 2.05) is 55.5 Å². The van der Waals surface area contributed by atoms with Gasteiger partial charge in [-0.15, -0.1) is 0 Å². The van der Waals surface area contributed by atoms with Crippen LogP contribution in [-0.4, -0.2) is 13.0 Å². The van der Waals surface area contributed by atoms with Crippen LogP contribution in [0.3, 0.4) is 0 Å². The highest BCUT2D eigenvalue weighted by Gasteiger charge is 2.39. The molecule has 0 aromatic heterocycles. The fraction of sp³-hybridized carbons (Fsp3) is 0.381. The largest absolute Gasteiger partial charge is 0.493 e. The van der Waals surface area contributed by atoms with E-state index in [9.17, 15) is 4.79 Å². The first-order valence-corrected chi connectivity index (χ1v) is 8.73. The van der Waals surface area contributed by atoms with Crippen molar-refractivity contribution in [3.05, 3.63) is 59.7 Å². The van der Waals surface area contributed by atoms with Crippen molar-refractivity contribution in [2.75, 3.05) is 7.11 Å². The first-order valence-electron chi connectivity index (χ1n) is 8.73. The van der Waals surface area contributed by atoms with Crippen LogP contribution in [0.1, 0.15) is 37.4 Å². The zero-order valence-electron chi connectivity index (χ0n) is 15.0. The maximum Gasteiger partial charge on any atom is 0.223 e. The van der Waals surface area contributed by atoms with E-state index in [4.69, 9.17) is 9.47 Å². The Hall–Kier alpha value is -2.49. The third kappa shape index (κ3) is 4.32. The van der Waals surface area contributed by atoms with E-state index in [-0.39, 0.29) is 17.9 Å². The van der Waals surface area contributed by atoms with Crippen molar-refractivity contribution in [3.63, 3.8) is 0 Å². The van der Waals surface area contributed by atoms with E-state index < -0.39 is 0 Å². The first-order chi connectivity index (χ1) is 12.1. The molecule has 1 amide bonds. The Kier molecular flexibility index (Phi) is 5.27. The molecule has 4 heteroatoms. The highest BCUT2D eigenvalue weighted by atomic mass is 16.5. The van der Waals surface area contributed by atoms with E-state index in [0.29, 0.717) is 24.0 Å². The van der Waals surface area contributed by atoms with E-state index >= 15 is 0 Å². The van der Waals surface area contributed by atoms with Crippen LogP contribution in [0.15, 0.2) is 48.5 Å². The lowest BCUT2D eigenvalue weighted by molar-refractivity contribution is -0.123. The fourth-order valence-corrected chi connectivity index (χ4v) is 2.90. The molecule has 0 heterocycles. The number of rotatable bonds is 7. The molecular formula is C21H25NO3. The number of hydrogen-bond donors (Lipinski definition) is 1. The van der Waals surface area contributed by atoms with E-state index in [1.54, 1.807) is 7.11 Å². The second kappa shape index (κ2) is 7.60. The van der Waals surface area contributed by atoms with Gasteiger partial charge in [0.25, 0.3) is 0 Å². The zero-order valence-corrected chi connectivity index (χ0v) is 15.0. The van der Waals surface area contributed by atoms with E-state index in [1.165, 1.54) is 0 Å². The van der Waals surface area contributed by atoms with Gasteiger partial charge in [-0.2, -0.15) is 0 Å². The Bertz CT molecular complexity index is 729. The summed E-state index contributed by atoms with van der Waals surface area (Å²) in [7, 11) is 1.63. The Balaban J connectivity index is 1.65. The maximum absolute atomic E-state index is 12.1. The van der Waals surface area contributed by atoms with Gasteiger partial charge in [0.15, 0.2) is 11.5 Å². The van der Waals surface area contributed by atoms with Gasteiger partial charge in [0.05, 0.1) is 13.2 Å². The highest BCUT2D eigenvalue weighted by Crippen LogP contribution is 2.38. The van der Waals surface area contributed by atoms with Crippen LogP contribution >= 0.6 is 0 Å². The van der Waals surface area contributed by atoms with Crippen LogP contribution in [0.4, 0.5) is 0 Å². The zero-order chi connectivity index (χ0) is 17.8. The number of carbonyl (C=O) groups is 1. The summed E-state index contributed by atoms with van der Waals surface area (Å²) < 4.78 is 11.3. The summed E-state index contributed by atoms with van der Waals surface area (Å²) in [5.41, 5.74) is 2.11. The minimum absolute atomic E-state index is 0.0580. The van der Waals surface area contributed by atoms with Gasteiger partial charge in [0, 0.05) is 5.92 Å². The molecule has 0 radical (unpaired) electrons. The average Bonchev–Trinajstić information content (AvgIpc) is 3.37. The lowest BCUT2D eigenvalue weighted by Gasteiger charge is -2.17.